The summed E-state index contributed by atoms with van der Waals surface area (Å²) < 4.78 is 0. The highest BCUT2D eigenvalue weighted by atomic mass is 32.1. The topological polar surface area (TPSA) is 28.2 Å². The number of nitrogens with one attached hydrogen (secondary N) is 1. The molecular formula is C15H27N3S. The number of hydrogen-bond acceptors (Lipinski definition) is 4. The van der Waals surface area contributed by atoms with Crippen LogP contribution in [0.25, 0.3) is 0 Å². The Hall–Kier alpha value is -0.610. The van der Waals surface area contributed by atoms with Crippen molar-refractivity contribution in [1.29, 1.82) is 0 Å². The molecule has 0 bridgehead atoms. The van der Waals surface area contributed by atoms with Gasteiger partial charge in [0.25, 0.3) is 0 Å². The third-order valence-corrected chi connectivity index (χ3v) is 5.39. The monoisotopic (exact) mass is 281 g/mol. The van der Waals surface area contributed by atoms with Crippen LogP contribution in [0.3, 0.4) is 0 Å². The molecule has 19 heavy (non-hydrogen) atoms. The molecule has 1 aromatic rings. The zero-order valence-corrected chi connectivity index (χ0v) is 13.5. The van der Waals surface area contributed by atoms with Crippen LogP contribution >= 0.6 is 11.3 Å². The second-order valence-electron chi connectivity index (χ2n) is 6.04. The smallest absolute Gasteiger partial charge is 0.185 e. The van der Waals surface area contributed by atoms with Gasteiger partial charge in [0.15, 0.2) is 5.13 Å². The maximum absolute atomic E-state index is 4.78. The molecule has 0 aromatic carbocycles. The molecule has 0 aliphatic carbocycles. The number of rotatable bonds is 6. The molecule has 1 fully saturated rings. The molecule has 1 aliphatic rings. The zero-order chi connectivity index (χ0) is 13.9. The van der Waals surface area contributed by atoms with Crippen LogP contribution < -0.4 is 10.2 Å². The van der Waals surface area contributed by atoms with Crippen molar-refractivity contribution in [3.8, 4) is 0 Å². The van der Waals surface area contributed by atoms with Crippen molar-refractivity contribution in [3.63, 3.8) is 0 Å². The van der Waals surface area contributed by atoms with Gasteiger partial charge >= 0.3 is 0 Å². The summed E-state index contributed by atoms with van der Waals surface area (Å²) in [6.45, 7) is 12.2. The highest BCUT2D eigenvalue weighted by Crippen LogP contribution is 2.39. The lowest BCUT2D eigenvalue weighted by atomic mass is 9.82. The highest BCUT2D eigenvalue weighted by molar-refractivity contribution is 7.13. The van der Waals surface area contributed by atoms with Crippen LogP contribution in [0.1, 0.15) is 52.7 Å². The van der Waals surface area contributed by atoms with E-state index in [1.165, 1.54) is 43.2 Å². The van der Waals surface area contributed by atoms with Crippen molar-refractivity contribution in [1.82, 2.24) is 10.3 Å². The van der Waals surface area contributed by atoms with Crippen molar-refractivity contribution >= 4 is 16.5 Å². The maximum Gasteiger partial charge on any atom is 0.185 e. The number of anilines is 1. The molecule has 108 valence electrons. The van der Waals surface area contributed by atoms with E-state index in [4.69, 9.17) is 4.98 Å². The van der Waals surface area contributed by atoms with Crippen LogP contribution in [0.4, 0.5) is 5.13 Å². The van der Waals surface area contributed by atoms with Crippen LogP contribution in [0, 0.1) is 5.41 Å². The Kier molecular flexibility index (Phi) is 4.85. The van der Waals surface area contributed by atoms with E-state index in [0.717, 1.165) is 6.54 Å². The van der Waals surface area contributed by atoms with Crippen LogP contribution in [-0.2, 0) is 6.54 Å². The largest absolute Gasteiger partial charge is 0.348 e. The fourth-order valence-corrected chi connectivity index (χ4v) is 3.61. The van der Waals surface area contributed by atoms with Crippen LogP contribution in [0.5, 0.6) is 0 Å². The van der Waals surface area contributed by atoms with Gasteiger partial charge in [-0.3, -0.25) is 0 Å². The first-order valence-corrected chi connectivity index (χ1v) is 8.39. The second-order valence-corrected chi connectivity index (χ2v) is 6.87. The Morgan fingerprint density at radius 3 is 2.74 bits per heavy atom. The molecule has 0 amide bonds. The predicted molar refractivity (Wildman–Crippen MR) is 83.9 cm³/mol. The second kappa shape index (κ2) is 6.23. The van der Waals surface area contributed by atoms with E-state index in [9.17, 15) is 0 Å². The molecule has 1 aliphatic heterocycles. The molecule has 0 spiro atoms. The number of aromatic nitrogens is 1. The molecule has 1 aromatic heterocycles. The molecule has 1 saturated heterocycles. The first-order valence-electron chi connectivity index (χ1n) is 7.51. The minimum absolute atomic E-state index is 0.518. The van der Waals surface area contributed by atoms with Gasteiger partial charge in [0.1, 0.15) is 0 Å². The predicted octanol–water partition coefficient (Wildman–Crippen LogP) is 3.66. The van der Waals surface area contributed by atoms with Crippen LogP contribution in [0.15, 0.2) is 5.38 Å². The number of hydrogen-bond donors (Lipinski definition) is 1. The molecule has 2 heterocycles. The Labute approximate surface area is 121 Å². The van der Waals surface area contributed by atoms with Gasteiger partial charge in [-0.05, 0) is 24.7 Å². The summed E-state index contributed by atoms with van der Waals surface area (Å²) in [5, 5.41) is 6.84. The van der Waals surface area contributed by atoms with E-state index in [-0.39, 0.29) is 0 Å². The average Bonchev–Trinajstić information content (AvgIpc) is 3.03. The molecule has 0 unspecified atom stereocenters. The fraction of sp³-hybridized carbons (Fsp3) is 0.800. The maximum atomic E-state index is 4.78. The summed E-state index contributed by atoms with van der Waals surface area (Å²) in [6, 6.07) is 0.518. The van der Waals surface area contributed by atoms with Crippen molar-refractivity contribution in [3.05, 3.63) is 11.1 Å². The van der Waals surface area contributed by atoms with Crippen molar-refractivity contribution in [2.45, 2.75) is 59.5 Å². The van der Waals surface area contributed by atoms with Gasteiger partial charge in [-0.15, -0.1) is 11.3 Å². The van der Waals surface area contributed by atoms with Crippen molar-refractivity contribution < 1.29 is 0 Å². The van der Waals surface area contributed by atoms with Gasteiger partial charge in [-0.25, -0.2) is 4.98 Å². The molecule has 3 nitrogen and oxygen atoms in total. The lowest BCUT2D eigenvalue weighted by Crippen LogP contribution is -2.26. The molecule has 2 rings (SSSR count). The molecule has 0 radical (unpaired) electrons. The normalized spacial score (nSPS) is 18.5. The van der Waals surface area contributed by atoms with E-state index in [0.29, 0.717) is 11.5 Å². The average molecular weight is 281 g/mol. The van der Waals surface area contributed by atoms with E-state index >= 15 is 0 Å². The number of nitrogens with zero attached hydrogens (tertiary/aromatic N) is 2. The Morgan fingerprint density at radius 2 is 2.16 bits per heavy atom. The van der Waals surface area contributed by atoms with Gasteiger partial charge in [0.2, 0.25) is 0 Å². The minimum atomic E-state index is 0.518. The lowest BCUT2D eigenvalue weighted by Gasteiger charge is -2.26. The van der Waals surface area contributed by atoms with Crippen molar-refractivity contribution in [2.75, 3.05) is 18.0 Å². The summed E-state index contributed by atoms with van der Waals surface area (Å²) in [5.41, 5.74) is 1.71. The van der Waals surface area contributed by atoms with Gasteiger partial charge in [-0.2, -0.15) is 0 Å². The van der Waals surface area contributed by atoms with Crippen molar-refractivity contribution in [2.24, 2.45) is 5.41 Å². The Bertz CT molecular complexity index is 396. The summed E-state index contributed by atoms with van der Waals surface area (Å²) in [5.74, 6) is 0. The fourth-order valence-electron chi connectivity index (χ4n) is 2.76. The summed E-state index contributed by atoms with van der Waals surface area (Å²) in [4.78, 5) is 7.26. The quantitative estimate of drug-likeness (QED) is 0.862. The van der Waals surface area contributed by atoms with E-state index < -0.39 is 0 Å². The molecule has 1 N–H and O–H groups in total. The van der Waals surface area contributed by atoms with Gasteiger partial charge in [0, 0.05) is 31.1 Å². The van der Waals surface area contributed by atoms with E-state index in [1.807, 2.05) is 0 Å². The third-order valence-electron chi connectivity index (χ3n) is 4.44. The minimum Gasteiger partial charge on any atom is -0.348 e. The van der Waals surface area contributed by atoms with Gasteiger partial charge < -0.3 is 10.2 Å². The molecule has 4 heteroatoms. The SMILES string of the molecule is CCC1(CC)CCN(c2nc(CNC(C)C)cs2)C1. The Morgan fingerprint density at radius 1 is 1.42 bits per heavy atom. The lowest BCUT2D eigenvalue weighted by molar-refractivity contribution is 0.301. The molecular weight excluding hydrogens is 254 g/mol. The number of thiazole rings is 1. The van der Waals surface area contributed by atoms with Crippen LogP contribution in [0.2, 0.25) is 0 Å². The van der Waals surface area contributed by atoms with Gasteiger partial charge in [-0.1, -0.05) is 27.7 Å². The summed E-state index contributed by atoms with van der Waals surface area (Å²) in [7, 11) is 0. The Balaban J connectivity index is 1.96. The summed E-state index contributed by atoms with van der Waals surface area (Å²) >= 11 is 1.80. The first-order chi connectivity index (χ1) is 9.08. The van der Waals surface area contributed by atoms with E-state index in [2.05, 4.69) is 43.3 Å². The third kappa shape index (κ3) is 3.48. The molecule has 0 atom stereocenters. The zero-order valence-electron chi connectivity index (χ0n) is 12.7. The highest BCUT2D eigenvalue weighted by Gasteiger charge is 2.35. The molecule has 0 saturated carbocycles. The van der Waals surface area contributed by atoms with Gasteiger partial charge in [0.05, 0.1) is 5.69 Å². The first kappa shape index (κ1) is 14.8. The summed E-state index contributed by atoms with van der Waals surface area (Å²) in [6.07, 6.45) is 3.89. The standard InChI is InChI=1S/C15H27N3S/c1-5-15(6-2)7-8-18(11-15)14-17-13(10-19-14)9-16-12(3)4/h10,12,16H,5-9,11H2,1-4H3. The van der Waals surface area contributed by atoms with E-state index in [1.54, 1.807) is 11.3 Å². The van der Waals surface area contributed by atoms with Crippen LogP contribution in [-0.4, -0.2) is 24.1 Å².